The van der Waals surface area contributed by atoms with Crippen LogP contribution in [0.5, 0.6) is 5.75 Å². The van der Waals surface area contributed by atoms with E-state index in [1.165, 1.54) is 12.1 Å². The molecule has 2 aliphatic rings. The lowest BCUT2D eigenvalue weighted by molar-refractivity contribution is -0.274. The lowest BCUT2D eigenvalue weighted by atomic mass is 9.82. The van der Waals surface area contributed by atoms with E-state index in [4.69, 9.17) is 0 Å². The Labute approximate surface area is 227 Å². The second-order valence-corrected chi connectivity index (χ2v) is 9.69. The maximum atomic E-state index is 12.5. The number of hydrogen-bond acceptors (Lipinski definition) is 6. The zero-order chi connectivity index (χ0) is 28.6. The van der Waals surface area contributed by atoms with Crippen molar-refractivity contribution in [2.45, 2.75) is 77.7 Å². The molecule has 212 valence electrons. The van der Waals surface area contributed by atoms with Crippen molar-refractivity contribution >= 4 is 23.4 Å². The van der Waals surface area contributed by atoms with Gasteiger partial charge in [-0.15, -0.1) is 13.2 Å². The summed E-state index contributed by atoms with van der Waals surface area (Å²) in [6.45, 7) is 5.87. The van der Waals surface area contributed by atoms with Crippen LogP contribution in [0, 0.1) is 0 Å². The van der Waals surface area contributed by atoms with Gasteiger partial charge in [0.1, 0.15) is 11.9 Å². The third-order valence-electron chi connectivity index (χ3n) is 6.96. The van der Waals surface area contributed by atoms with Gasteiger partial charge in [0.15, 0.2) is 5.78 Å². The summed E-state index contributed by atoms with van der Waals surface area (Å²) in [5.74, 6) is 0.106. The number of benzene rings is 2. The van der Waals surface area contributed by atoms with Crippen LogP contribution < -0.4 is 10.1 Å². The Balaban J connectivity index is 0.000000520. The molecule has 6 nitrogen and oxygen atoms in total. The van der Waals surface area contributed by atoms with E-state index in [0.29, 0.717) is 29.0 Å². The number of anilines is 1. The predicted molar refractivity (Wildman–Crippen MR) is 148 cm³/mol. The van der Waals surface area contributed by atoms with Crippen LogP contribution in [-0.2, 0) is 4.79 Å². The molecule has 0 saturated carbocycles. The number of aliphatic hydroxyl groups excluding tert-OH is 2. The van der Waals surface area contributed by atoms with Crippen LogP contribution in [0.15, 0.2) is 47.0 Å². The number of alkyl halides is 3. The molecule has 9 heteroatoms. The molecule has 0 bridgehead atoms. The van der Waals surface area contributed by atoms with E-state index in [0.717, 1.165) is 55.2 Å². The lowest BCUT2D eigenvalue weighted by Crippen LogP contribution is -2.17. The number of ketones is 1. The third-order valence-corrected chi connectivity index (χ3v) is 6.96. The Bertz CT molecular complexity index is 1190. The van der Waals surface area contributed by atoms with Crippen LogP contribution in [0.3, 0.4) is 0 Å². The van der Waals surface area contributed by atoms with E-state index in [1.54, 1.807) is 25.3 Å². The fraction of sp³-hybridized carbons (Fsp3) is 0.467. The maximum Gasteiger partial charge on any atom is 0.573 e. The Morgan fingerprint density at radius 3 is 2.38 bits per heavy atom. The van der Waals surface area contributed by atoms with E-state index in [2.05, 4.69) is 28.9 Å². The number of fused-ring (bicyclic) bond motifs is 1. The molecule has 2 aromatic carbocycles. The van der Waals surface area contributed by atoms with Gasteiger partial charge in [0.2, 0.25) is 0 Å². The molecular weight excluding hydrogens is 509 g/mol. The van der Waals surface area contributed by atoms with Gasteiger partial charge in [-0.3, -0.25) is 9.79 Å². The zero-order valence-electron chi connectivity index (χ0n) is 22.6. The average molecular weight is 547 g/mol. The van der Waals surface area contributed by atoms with Crippen molar-refractivity contribution in [1.29, 1.82) is 0 Å². The molecular formula is C30H37F3N2O4. The van der Waals surface area contributed by atoms with Gasteiger partial charge >= 0.3 is 6.36 Å². The van der Waals surface area contributed by atoms with Gasteiger partial charge in [0.25, 0.3) is 0 Å². The Hall–Kier alpha value is -3.17. The predicted octanol–water partition coefficient (Wildman–Crippen LogP) is 7.39. The highest BCUT2D eigenvalue weighted by Crippen LogP contribution is 2.47. The molecule has 1 aliphatic carbocycles. The number of carbonyl (C=O) groups is 1. The van der Waals surface area contributed by atoms with E-state index in [-0.39, 0.29) is 17.5 Å². The van der Waals surface area contributed by atoms with Gasteiger partial charge in [-0.1, -0.05) is 44.9 Å². The molecule has 0 fully saturated rings. The van der Waals surface area contributed by atoms with Crippen molar-refractivity contribution in [3.05, 3.63) is 53.1 Å². The quantitative estimate of drug-likeness (QED) is 0.289. The molecule has 0 aromatic heterocycles. The smallest absolute Gasteiger partial charge is 0.406 e. The molecule has 2 atom stereocenters. The first-order valence-electron chi connectivity index (χ1n) is 13.4. The van der Waals surface area contributed by atoms with Crippen molar-refractivity contribution < 1.29 is 32.9 Å². The lowest BCUT2D eigenvalue weighted by Gasteiger charge is -2.28. The molecule has 2 aromatic rings. The highest BCUT2D eigenvalue weighted by atomic mass is 19.4. The van der Waals surface area contributed by atoms with Crippen LogP contribution in [-0.4, -0.2) is 41.7 Å². The number of aliphatic hydroxyl groups is 2. The number of unbranched alkanes of at least 4 members (excludes halogenated alkanes) is 1. The Kier molecular flexibility index (Phi) is 10.7. The number of nitrogens with one attached hydrogen (secondary N) is 1. The number of allylic oxidation sites excluding steroid dienone is 2. The van der Waals surface area contributed by atoms with Crippen molar-refractivity contribution in [1.82, 2.24) is 0 Å². The van der Waals surface area contributed by atoms with Gasteiger partial charge in [0.05, 0.1) is 24.5 Å². The van der Waals surface area contributed by atoms with Gasteiger partial charge in [-0.2, -0.15) is 0 Å². The monoisotopic (exact) mass is 546 g/mol. The minimum atomic E-state index is -4.75. The summed E-state index contributed by atoms with van der Waals surface area (Å²) in [6, 6.07) is 7.70. The van der Waals surface area contributed by atoms with Crippen molar-refractivity contribution in [2.24, 2.45) is 4.99 Å². The minimum Gasteiger partial charge on any atom is -0.406 e. The number of rotatable bonds is 10. The number of nitrogens with zero attached hydrogens (tertiary/aromatic N) is 1. The van der Waals surface area contributed by atoms with Gasteiger partial charge in [-0.25, -0.2) is 0 Å². The van der Waals surface area contributed by atoms with Gasteiger partial charge in [0, 0.05) is 17.3 Å². The standard InChI is InChI=1S/C24H29F3N2O3.C6H8O/c1-3-5-6-15(4-2)18-13-19(16-7-9-17(10-8-16)32-24(25,26)27)22-23(29-12-11-28-22)21(18)20(31)14-30;1-5(7)6-3-2-4-6/h7-10,12-13,15,20,28,30-31H,3-6,11,14H2,1-2H3;3H,2,4H2,1H3. The Morgan fingerprint density at radius 2 is 1.90 bits per heavy atom. The molecule has 4 rings (SSSR count). The van der Waals surface area contributed by atoms with Crippen molar-refractivity contribution in [3.63, 3.8) is 0 Å². The van der Waals surface area contributed by atoms with E-state index < -0.39 is 19.1 Å². The highest BCUT2D eigenvalue weighted by Gasteiger charge is 2.31. The van der Waals surface area contributed by atoms with Gasteiger partial charge < -0.3 is 20.3 Å². The molecule has 3 N–H and O–H groups in total. The van der Waals surface area contributed by atoms with Crippen molar-refractivity contribution in [2.75, 3.05) is 18.5 Å². The first kappa shape index (κ1) is 30.4. The summed E-state index contributed by atoms with van der Waals surface area (Å²) in [7, 11) is 0. The fourth-order valence-corrected chi connectivity index (χ4v) is 4.78. The summed E-state index contributed by atoms with van der Waals surface area (Å²) in [5.41, 5.74) is 5.28. The molecule has 2 unspecified atom stereocenters. The molecule has 0 radical (unpaired) electrons. The molecule has 0 amide bonds. The van der Waals surface area contributed by atoms with Crippen molar-refractivity contribution in [3.8, 4) is 16.9 Å². The number of halogens is 3. The number of ether oxygens (including phenoxy) is 1. The number of aliphatic imine (C=N–C) groups is 1. The number of hydrogen-bond donors (Lipinski definition) is 3. The molecule has 1 heterocycles. The maximum absolute atomic E-state index is 12.5. The largest absolute Gasteiger partial charge is 0.573 e. The van der Waals surface area contributed by atoms with E-state index in [1.807, 2.05) is 12.1 Å². The SMILES string of the molecule is CC(=O)C1=CCC1.CCCCC(CC)c1cc(-c2ccc(OC(F)(F)F)cc2)c2c(c1C(O)CO)N=CCN2. The first-order chi connectivity index (χ1) is 18.6. The number of Topliss-reactive ketones (excluding diaryl/α,β-unsaturated/α-hetero) is 1. The second-order valence-electron chi connectivity index (χ2n) is 9.69. The molecule has 39 heavy (non-hydrogen) atoms. The normalized spacial score (nSPS) is 15.5. The van der Waals surface area contributed by atoms with E-state index >= 15 is 0 Å². The molecule has 1 aliphatic heterocycles. The topological polar surface area (TPSA) is 91.2 Å². The van der Waals surface area contributed by atoms with Gasteiger partial charge in [-0.05, 0) is 73.4 Å². The fourth-order valence-electron chi connectivity index (χ4n) is 4.78. The van der Waals surface area contributed by atoms with Crippen LogP contribution in [0.25, 0.3) is 11.1 Å². The molecule has 0 saturated heterocycles. The van der Waals surface area contributed by atoms with E-state index in [9.17, 15) is 28.2 Å². The van der Waals surface area contributed by atoms with Crippen LogP contribution in [0.1, 0.15) is 82.4 Å². The minimum absolute atomic E-state index is 0.153. The number of carbonyl (C=O) groups excluding carboxylic acids is 1. The average Bonchev–Trinajstić information content (AvgIpc) is 2.86. The zero-order valence-corrected chi connectivity index (χ0v) is 22.6. The Morgan fingerprint density at radius 1 is 1.21 bits per heavy atom. The highest BCUT2D eigenvalue weighted by molar-refractivity contribution is 5.95. The summed E-state index contributed by atoms with van der Waals surface area (Å²) >= 11 is 0. The van der Waals surface area contributed by atoms with Crippen LogP contribution >= 0.6 is 0 Å². The third kappa shape index (κ3) is 7.92. The summed E-state index contributed by atoms with van der Waals surface area (Å²) in [6.07, 6.45) is 3.80. The van der Waals surface area contributed by atoms with Crippen LogP contribution in [0.2, 0.25) is 0 Å². The summed E-state index contributed by atoms with van der Waals surface area (Å²) in [4.78, 5) is 14.9. The molecule has 0 spiro atoms. The second kappa shape index (κ2) is 13.8. The summed E-state index contributed by atoms with van der Waals surface area (Å²) < 4.78 is 41.6. The first-order valence-corrected chi connectivity index (χ1v) is 13.4. The van der Waals surface area contributed by atoms with Crippen LogP contribution in [0.4, 0.5) is 24.5 Å². The summed E-state index contributed by atoms with van der Waals surface area (Å²) in [5, 5.41) is 23.7.